The Morgan fingerprint density at radius 1 is 1.32 bits per heavy atom. The summed E-state index contributed by atoms with van der Waals surface area (Å²) in [7, 11) is 0. The van der Waals surface area contributed by atoms with Crippen LogP contribution in [0.15, 0.2) is 28.5 Å². The van der Waals surface area contributed by atoms with Crippen molar-refractivity contribution in [3.8, 4) is 0 Å². The summed E-state index contributed by atoms with van der Waals surface area (Å²) in [6.45, 7) is 0. The van der Waals surface area contributed by atoms with Gasteiger partial charge in [0.2, 0.25) is 0 Å². The number of amides is 1. The quantitative estimate of drug-likeness (QED) is 0.885. The largest absolute Gasteiger partial charge is 0.390 e. The predicted molar refractivity (Wildman–Crippen MR) is 82.6 cm³/mol. The first-order valence-electron chi connectivity index (χ1n) is 5.76. The van der Waals surface area contributed by atoms with E-state index in [-0.39, 0.29) is 5.91 Å². The molecule has 0 fully saturated rings. The Morgan fingerprint density at radius 3 is 2.79 bits per heavy atom. The van der Waals surface area contributed by atoms with Gasteiger partial charge in [-0.3, -0.25) is 4.79 Å². The number of carbonyl (C=O) groups is 1. The minimum Gasteiger partial charge on any atom is -0.390 e. The van der Waals surface area contributed by atoms with Gasteiger partial charge in [0, 0.05) is 16.5 Å². The summed E-state index contributed by atoms with van der Waals surface area (Å²) >= 11 is 9.09. The molecule has 98 valence electrons. The van der Waals surface area contributed by atoms with Crippen LogP contribution in [0.3, 0.4) is 0 Å². The van der Waals surface area contributed by atoms with E-state index in [2.05, 4.69) is 5.32 Å². The van der Waals surface area contributed by atoms with Crippen LogP contribution in [0.5, 0.6) is 0 Å². The van der Waals surface area contributed by atoms with Crippen molar-refractivity contribution in [2.24, 2.45) is 0 Å². The van der Waals surface area contributed by atoms with Gasteiger partial charge in [0.05, 0.1) is 9.77 Å². The number of nitrogens with two attached hydrogens (primary N) is 1. The topological polar surface area (TPSA) is 55.1 Å². The SMILES string of the molecule is Nc1sc2c(c1C(=O)Nc1ccc(Cl)cc1)CCS2. The number of hydrogen-bond acceptors (Lipinski definition) is 4. The molecule has 2 aromatic rings. The molecule has 0 saturated heterocycles. The summed E-state index contributed by atoms with van der Waals surface area (Å²) in [5.74, 6) is 0.891. The normalized spacial score (nSPS) is 13.3. The fourth-order valence-electron chi connectivity index (χ4n) is 2.03. The first kappa shape index (κ1) is 12.8. The molecule has 1 aliphatic heterocycles. The van der Waals surface area contributed by atoms with Crippen LogP contribution < -0.4 is 11.1 Å². The van der Waals surface area contributed by atoms with Crippen LogP contribution in [0, 0.1) is 0 Å². The molecule has 1 amide bonds. The predicted octanol–water partition coefficient (Wildman–Crippen LogP) is 3.88. The van der Waals surface area contributed by atoms with Gasteiger partial charge >= 0.3 is 0 Å². The summed E-state index contributed by atoms with van der Waals surface area (Å²) in [5, 5.41) is 4.11. The highest BCUT2D eigenvalue weighted by atomic mass is 35.5. The molecule has 19 heavy (non-hydrogen) atoms. The molecule has 3 N–H and O–H groups in total. The zero-order valence-corrected chi connectivity index (χ0v) is 12.3. The van der Waals surface area contributed by atoms with E-state index in [0.29, 0.717) is 15.6 Å². The van der Waals surface area contributed by atoms with Gasteiger partial charge < -0.3 is 11.1 Å². The van der Waals surface area contributed by atoms with Crippen molar-refractivity contribution in [3.63, 3.8) is 0 Å². The van der Waals surface area contributed by atoms with Crippen molar-refractivity contribution in [1.82, 2.24) is 0 Å². The van der Waals surface area contributed by atoms with Crippen LogP contribution in [0.2, 0.25) is 5.02 Å². The molecule has 1 aromatic carbocycles. The molecule has 0 unspecified atom stereocenters. The third kappa shape index (κ3) is 2.45. The first-order valence-corrected chi connectivity index (χ1v) is 7.94. The van der Waals surface area contributed by atoms with Gasteiger partial charge in [-0.25, -0.2) is 0 Å². The number of thiophene rings is 1. The second-order valence-electron chi connectivity index (χ2n) is 4.17. The molecule has 1 aromatic heterocycles. The number of carbonyl (C=O) groups excluding carboxylic acids is 1. The summed E-state index contributed by atoms with van der Waals surface area (Å²) < 4.78 is 1.18. The Balaban J connectivity index is 1.86. The molecule has 0 aliphatic carbocycles. The van der Waals surface area contributed by atoms with Crippen LogP contribution in [0.25, 0.3) is 0 Å². The van der Waals surface area contributed by atoms with E-state index in [4.69, 9.17) is 17.3 Å². The van der Waals surface area contributed by atoms with E-state index in [9.17, 15) is 4.79 Å². The van der Waals surface area contributed by atoms with Crippen LogP contribution in [-0.4, -0.2) is 11.7 Å². The van der Waals surface area contributed by atoms with Gasteiger partial charge in [0.25, 0.3) is 5.91 Å². The molecule has 2 heterocycles. The van der Waals surface area contributed by atoms with Gasteiger partial charge in [-0.1, -0.05) is 11.6 Å². The number of fused-ring (bicyclic) bond motifs is 1. The number of benzene rings is 1. The molecule has 0 spiro atoms. The van der Waals surface area contributed by atoms with Gasteiger partial charge in [0.1, 0.15) is 5.00 Å². The summed E-state index contributed by atoms with van der Waals surface area (Å²) in [5.41, 5.74) is 8.41. The molecule has 0 atom stereocenters. The lowest BCUT2D eigenvalue weighted by molar-refractivity contribution is 0.102. The summed E-state index contributed by atoms with van der Waals surface area (Å²) in [6.07, 6.45) is 0.914. The minimum atomic E-state index is -0.139. The third-order valence-corrected chi connectivity index (χ3v) is 5.54. The molecule has 0 saturated carbocycles. The van der Waals surface area contributed by atoms with Crippen molar-refractivity contribution in [2.75, 3.05) is 16.8 Å². The molecule has 3 rings (SSSR count). The first-order chi connectivity index (χ1) is 9.15. The molecule has 3 nitrogen and oxygen atoms in total. The molecule has 6 heteroatoms. The maximum atomic E-state index is 12.3. The van der Waals surface area contributed by atoms with Crippen LogP contribution in [-0.2, 0) is 6.42 Å². The van der Waals surface area contributed by atoms with E-state index in [1.165, 1.54) is 15.5 Å². The lowest BCUT2D eigenvalue weighted by Gasteiger charge is -2.06. The Kier molecular flexibility index (Phi) is 3.43. The number of anilines is 2. The van der Waals surface area contributed by atoms with Gasteiger partial charge in [0.15, 0.2) is 0 Å². The monoisotopic (exact) mass is 310 g/mol. The summed E-state index contributed by atoms with van der Waals surface area (Å²) in [6, 6.07) is 7.04. The van der Waals surface area contributed by atoms with Crippen LogP contribution in [0.1, 0.15) is 15.9 Å². The van der Waals surface area contributed by atoms with Crippen molar-refractivity contribution >= 4 is 51.3 Å². The number of halogens is 1. The number of nitrogens with one attached hydrogen (secondary N) is 1. The zero-order valence-electron chi connectivity index (χ0n) is 9.90. The lowest BCUT2D eigenvalue weighted by Crippen LogP contribution is -2.14. The van der Waals surface area contributed by atoms with Gasteiger partial charge in [-0.2, -0.15) is 0 Å². The fourth-order valence-corrected chi connectivity index (χ4v) is 4.62. The number of hydrogen-bond donors (Lipinski definition) is 2. The van der Waals surface area contributed by atoms with Crippen molar-refractivity contribution in [1.29, 1.82) is 0 Å². The highest BCUT2D eigenvalue weighted by molar-refractivity contribution is 8.01. The smallest absolute Gasteiger partial charge is 0.258 e. The van der Waals surface area contributed by atoms with E-state index < -0.39 is 0 Å². The van der Waals surface area contributed by atoms with E-state index in [1.807, 2.05) is 0 Å². The number of rotatable bonds is 2. The standard InChI is InChI=1S/C13H11ClN2OS2/c14-7-1-3-8(4-2-7)16-12(17)10-9-5-6-18-13(9)19-11(10)15/h1-4H,5-6,15H2,(H,16,17). The van der Waals surface area contributed by atoms with Crippen LogP contribution in [0.4, 0.5) is 10.7 Å². The van der Waals surface area contributed by atoms with E-state index in [1.54, 1.807) is 36.0 Å². The molecule has 0 radical (unpaired) electrons. The Morgan fingerprint density at radius 2 is 2.05 bits per heavy atom. The summed E-state index contributed by atoms with van der Waals surface area (Å²) in [4.78, 5) is 12.3. The Labute approximate surface area is 124 Å². The minimum absolute atomic E-state index is 0.139. The second-order valence-corrected chi connectivity index (χ2v) is 7.02. The molecule has 1 aliphatic rings. The third-order valence-electron chi connectivity index (χ3n) is 2.91. The van der Waals surface area contributed by atoms with Crippen molar-refractivity contribution < 1.29 is 4.79 Å². The maximum Gasteiger partial charge on any atom is 0.258 e. The Hall–Kier alpha value is -1.17. The molecular weight excluding hydrogens is 300 g/mol. The molecular formula is C13H11ClN2OS2. The zero-order chi connectivity index (χ0) is 13.4. The van der Waals surface area contributed by atoms with Crippen molar-refractivity contribution in [2.45, 2.75) is 10.6 Å². The number of thioether (sulfide) groups is 1. The second kappa shape index (κ2) is 5.07. The van der Waals surface area contributed by atoms with E-state index in [0.717, 1.165) is 23.4 Å². The molecule has 0 bridgehead atoms. The maximum absolute atomic E-state index is 12.3. The fraction of sp³-hybridized carbons (Fsp3) is 0.154. The highest BCUT2D eigenvalue weighted by Gasteiger charge is 2.25. The average molecular weight is 311 g/mol. The lowest BCUT2D eigenvalue weighted by atomic mass is 10.1. The van der Waals surface area contributed by atoms with Crippen molar-refractivity contribution in [3.05, 3.63) is 40.4 Å². The number of nitrogen functional groups attached to an aromatic ring is 1. The van der Waals surface area contributed by atoms with Gasteiger partial charge in [-0.15, -0.1) is 23.1 Å². The van der Waals surface area contributed by atoms with Crippen LogP contribution >= 0.6 is 34.7 Å². The van der Waals surface area contributed by atoms with Gasteiger partial charge in [-0.05, 0) is 36.2 Å². The Bertz CT molecular complexity index is 637. The average Bonchev–Trinajstić information content (AvgIpc) is 2.91. The highest BCUT2D eigenvalue weighted by Crippen LogP contribution is 2.43. The van der Waals surface area contributed by atoms with E-state index >= 15 is 0 Å².